The molecule has 0 saturated carbocycles. The molecule has 0 aliphatic carbocycles. The smallest absolute Gasteiger partial charge is 0.191 e. The van der Waals surface area contributed by atoms with E-state index in [0.29, 0.717) is 12.4 Å². The van der Waals surface area contributed by atoms with E-state index in [0.717, 1.165) is 33.5 Å². The molecule has 0 unspecified atom stereocenters. The molecule has 0 radical (unpaired) electrons. The van der Waals surface area contributed by atoms with Crippen molar-refractivity contribution < 1.29 is 9.53 Å². The van der Waals surface area contributed by atoms with Gasteiger partial charge >= 0.3 is 0 Å². The molecule has 3 rings (SSSR count). The summed E-state index contributed by atoms with van der Waals surface area (Å²) in [6, 6.07) is 9.86. The molecule has 0 N–H and O–H groups in total. The number of ether oxygens (including phenoxy) is 1. The largest absolute Gasteiger partial charge is 0.494 e. The lowest BCUT2D eigenvalue weighted by Gasteiger charge is -2.11. The van der Waals surface area contributed by atoms with Crippen molar-refractivity contribution in [1.29, 1.82) is 0 Å². The van der Waals surface area contributed by atoms with Crippen LogP contribution in [0.15, 0.2) is 41.8 Å². The number of carbonyl (C=O) groups excluding carboxylic acids is 1. The third-order valence-corrected chi connectivity index (χ3v) is 5.17. The number of thioether (sulfide) groups is 1. The molecule has 0 atom stereocenters. The van der Waals surface area contributed by atoms with Crippen LogP contribution in [0.3, 0.4) is 0 Å². The summed E-state index contributed by atoms with van der Waals surface area (Å²) in [6.07, 6.45) is 1.63. The summed E-state index contributed by atoms with van der Waals surface area (Å²) >= 11 is 1.40. The molecule has 0 fully saturated rings. The van der Waals surface area contributed by atoms with Crippen LogP contribution in [-0.2, 0) is 7.05 Å². The molecular weight excluding hydrogens is 348 g/mol. The Balaban J connectivity index is 1.80. The summed E-state index contributed by atoms with van der Waals surface area (Å²) in [7, 11) is 1.87. The number of ketones is 1. The molecule has 7 heteroatoms. The number of benzene rings is 1. The van der Waals surface area contributed by atoms with Gasteiger partial charge in [0.25, 0.3) is 0 Å². The molecule has 0 spiro atoms. The number of rotatable bonds is 7. The Morgan fingerprint density at radius 3 is 2.58 bits per heavy atom. The van der Waals surface area contributed by atoms with Crippen molar-refractivity contribution in [3.63, 3.8) is 0 Å². The van der Waals surface area contributed by atoms with Crippen molar-refractivity contribution in [3.05, 3.63) is 53.6 Å². The number of hydrogen-bond donors (Lipinski definition) is 0. The number of nitrogens with zero attached hydrogens (tertiary/aromatic N) is 4. The van der Waals surface area contributed by atoms with Gasteiger partial charge in [-0.2, -0.15) is 0 Å². The van der Waals surface area contributed by atoms with E-state index in [2.05, 4.69) is 14.8 Å². The Kier molecular flexibility index (Phi) is 5.46. The Hall–Kier alpha value is -2.54. The summed E-state index contributed by atoms with van der Waals surface area (Å²) in [5.41, 5.74) is 3.73. The van der Waals surface area contributed by atoms with Crippen LogP contribution in [0.2, 0.25) is 0 Å². The maximum absolute atomic E-state index is 12.7. The van der Waals surface area contributed by atoms with Gasteiger partial charge < -0.3 is 13.9 Å². The first kappa shape index (κ1) is 18.3. The van der Waals surface area contributed by atoms with E-state index in [1.807, 2.05) is 58.2 Å². The second-order valence-electron chi connectivity index (χ2n) is 5.98. The first-order valence-corrected chi connectivity index (χ1v) is 9.42. The Labute approximate surface area is 157 Å². The molecule has 2 aromatic heterocycles. The number of Topliss-reactive ketones (excluding diaryl/α,β-unsaturated/α-hetero) is 1. The normalized spacial score (nSPS) is 10.9. The van der Waals surface area contributed by atoms with E-state index < -0.39 is 0 Å². The molecule has 3 aromatic rings. The van der Waals surface area contributed by atoms with Gasteiger partial charge in [0.05, 0.1) is 12.4 Å². The summed E-state index contributed by atoms with van der Waals surface area (Å²) < 4.78 is 9.40. The summed E-state index contributed by atoms with van der Waals surface area (Å²) in [6.45, 7) is 6.59. The van der Waals surface area contributed by atoms with Crippen molar-refractivity contribution in [3.8, 4) is 11.4 Å². The zero-order chi connectivity index (χ0) is 18.7. The van der Waals surface area contributed by atoms with Crippen LogP contribution in [0.5, 0.6) is 5.75 Å². The molecule has 0 bridgehead atoms. The molecule has 0 saturated heterocycles. The lowest BCUT2D eigenvalue weighted by Crippen LogP contribution is -2.06. The van der Waals surface area contributed by atoms with E-state index in [9.17, 15) is 4.79 Å². The van der Waals surface area contributed by atoms with Crippen molar-refractivity contribution in [2.75, 3.05) is 12.4 Å². The molecule has 136 valence electrons. The van der Waals surface area contributed by atoms with E-state index in [1.54, 1.807) is 10.9 Å². The summed E-state index contributed by atoms with van der Waals surface area (Å²) in [4.78, 5) is 12.7. The second kappa shape index (κ2) is 7.78. The van der Waals surface area contributed by atoms with E-state index in [-0.39, 0.29) is 5.78 Å². The quantitative estimate of drug-likeness (QED) is 0.470. The van der Waals surface area contributed by atoms with Gasteiger partial charge in [0.2, 0.25) is 0 Å². The lowest BCUT2D eigenvalue weighted by atomic mass is 10.2. The third-order valence-electron chi connectivity index (χ3n) is 4.14. The highest BCUT2D eigenvalue weighted by Crippen LogP contribution is 2.25. The predicted molar refractivity (Wildman–Crippen MR) is 102 cm³/mol. The van der Waals surface area contributed by atoms with Crippen LogP contribution in [0.4, 0.5) is 0 Å². The molecule has 2 heterocycles. The number of carbonyl (C=O) groups is 1. The second-order valence-corrected chi connectivity index (χ2v) is 6.93. The first-order valence-electron chi connectivity index (χ1n) is 8.43. The highest BCUT2D eigenvalue weighted by Gasteiger charge is 2.17. The van der Waals surface area contributed by atoms with Crippen LogP contribution < -0.4 is 4.74 Å². The van der Waals surface area contributed by atoms with Crippen molar-refractivity contribution in [1.82, 2.24) is 19.3 Å². The van der Waals surface area contributed by atoms with Crippen LogP contribution >= 0.6 is 11.8 Å². The van der Waals surface area contributed by atoms with Gasteiger partial charge in [-0.25, -0.2) is 0 Å². The van der Waals surface area contributed by atoms with E-state index in [4.69, 9.17) is 4.74 Å². The molecule has 6 nitrogen and oxygen atoms in total. The minimum Gasteiger partial charge on any atom is -0.494 e. The predicted octanol–water partition coefficient (Wildman–Crippen LogP) is 3.60. The molecule has 0 aliphatic rings. The minimum absolute atomic E-state index is 0.0864. The number of aryl methyl sites for hydroxylation is 2. The van der Waals surface area contributed by atoms with E-state index in [1.165, 1.54) is 11.8 Å². The van der Waals surface area contributed by atoms with Crippen LogP contribution in [0, 0.1) is 13.8 Å². The highest BCUT2D eigenvalue weighted by atomic mass is 32.2. The molecular formula is C19H22N4O2S. The fourth-order valence-corrected chi connectivity index (χ4v) is 3.68. The van der Waals surface area contributed by atoms with Gasteiger partial charge in [0.1, 0.15) is 12.1 Å². The van der Waals surface area contributed by atoms with Gasteiger partial charge in [0.15, 0.2) is 10.9 Å². The average molecular weight is 370 g/mol. The van der Waals surface area contributed by atoms with Gasteiger partial charge in [-0.15, -0.1) is 10.2 Å². The molecule has 0 aliphatic heterocycles. The zero-order valence-corrected chi connectivity index (χ0v) is 16.2. The van der Waals surface area contributed by atoms with Crippen molar-refractivity contribution in [2.24, 2.45) is 7.05 Å². The maximum Gasteiger partial charge on any atom is 0.191 e. The van der Waals surface area contributed by atoms with Crippen LogP contribution in [0.25, 0.3) is 5.69 Å². The lowest BCUT2D eigenvalue weighted by molar-refractivity contribution is 0.102. The maximum atomic E-state index is 12.7. The van der Waals surface area contributed by atoms with Gasteiger partial charge in [-0.05, 0) is 51.1 Å². The molecule has 0 amide bonds. The fraction of sp³-hybridized carbons (Fsp3) is 0.316. The molecule has 26 heavy (non-hydrogen) atoms. The monoisotopic (exact) mass is 370 g/mol. The van der Waals surface area contributed by atoms with Crippen molar-refractivity contribution in [2.45, 2.75) is 25.9 Å². The van der Waals surface area contributed by atoms with Gasteiger partial charge in [-0.3, -0.25) is 4.79 Å². The Morgan fingerprint density at radius 2 is 1.96 bits per heavy atom. The SMILES string of the molecule is CCOc1ccc(-n2c(C)cc(C(=O)CSc3nncn3C)c2C)cc1. The number of aromatic nitrogens is 4. The zero-order valence-electron chi connectivity index (χ0n) is 15.4. The van der Waals surface area contributed by atoms with Crippen LogP contribution in [-0.4, -0.2) is 37.5 Å². The third kappa shape index (κ3) is 3.67. The van der Waals surface area contributed by atoms with Crippen LogP contribution in [0.1, 0.15) is 28.7 Å². The Bertz CT molecular complexity index is 912. The van der Waals surface area contributed by atoms with Gasteiger partial charge in [0, 0.05) is 29.7 Å². The highest BCUT2D eigenvalue weighted by molar-refractivity contribution is 7.99. The number of hydrogen-bond acceptors (Lipinski definition) is 5. The van der Waals surface area contributed by atoms with Crippen molar-refractivity contribution >= 4 is 17.5 Å². The summed E-state index contributed by atoms with van der Waals surface area (Å²) in [5.74, 6) is 1.26. The first-order chi connectivity index (χ1) is 12.5. The van der Waals surface area contributed by atoms with E-state index >= 15 is 0 Å². The van der Waals surface area contributed by atoms with Gasteiger partial charge in [-0.1, -0.05) is 11.8 Å². The summed E-state index contributed by atoms with van der Waals surface area (Å²) in [5, 5.41) is 8.57. The Morgan fingerprint density at radius 1 is 1.23 bits per heavy atom. The molecule has 1 aromatic carbocycles. The fourth-order valence-electron chi connectivity index (χ4n) is 2.91. The topological polar surface area (TPSA) is 61.9 Å². The standard InChI is InChI=1S/C19H22N4O2S/c1-5-25-16-8-6-15(7-9-16)23-13(2)10-17(14(23)3)18(24)11-26-19-21-20-12-22(19)4/h6-10,12H,5,11H2,1-4H3. The minimum atomic E-state index is 0.0864. The average Bonchev–Trinajstić information content (AvgIpc) is 3.17.